The Morgan fingerprint density at radius 3 is 1.09 bits per heavy atom. The molecular formula is C57H50O9. The molecule has 8 aromatic carbocycles. The normalized spacial score (nSPS) is 10.7. The summed E-state index contributed by atoms with van der Waals surface area (Å²) in [5.41, 5.74) is 6.91. The highest BCUT2D eigenvalue weighted by Gasteiger charge is 2.12. The Hall–Kier alpha value is -8.01. The Morgan fingerprint density at radius 2 is 0.636 bits per heavy atom. The van der Waals surface area contributed by atoms with Gasteiger partial charge in [-0.1, -0.05) is 133 Å². The van der Waals surface area contributed by atoms with E-state index in [1.807, 2.05) is 188 Å². The lowest BCUT2D eigenvalue weighted by atomic mass is 10.1. The summed E-state index contributed by atoms with van der Waals surface area (Å²) in [6.07, 6.45) is 0. The van der Waals surface area contributed by atoms with Gasteiger partial charge in [0.15, 0.2) is 12.4 Å². The van der Waals surface area contributed by atoms with Crippen LogP contribution in [0.15, 0.2) is 200 Å². The molecule has 0 bridgehead atoms. The predicted octanol–water partition coefficient (Wildman–Crippen LogP) is 11.9. The summed E-state index contributed by atoms with van der Waals surface area (Å²) in [5.74, 6) is 3.99. The summed E-state index contributed by atoms with van der Waals surface area (Å²) < 4.78 is 43.5. The second-order valence-corrected chi connectivity index (χ2v) is 15.5. The van der Waals surface area contributed by atoms with Gasteiger partial charge in [-0.2, -0.15) is 0 Å². The monoisotopic (exact) mass is 878 g/mol. The molecule has 0 heterocycles. The first-order valence-electron chi connectivity index (χ1n) is 21.7. The molecule has 0 spiro atoms. The molecule has 66 heavy (non-hydrogen) atoms. The van der Waals surface area contributed by atoms with Crippen molar-refractivity contribution in [2.45, 2.75) is 46.2 Å². The number of aliphatic hydroxyl groups is 1. The third-order valence-electron chi connectivity index (χ3n) is 10.3. The Balaban J connectivity index is 0.942. The first-order valence-corrected chi connectivity index (χ1v) is 21.7. The van der Waals surface area contributed by atoms with Crippen LogP contribution in [0.4, 0.5) is 0 Å². The first-order chi connectivity index (χ1) is 32.5. The van der Waals surface area contributed by atoms with Crippen molar-refractivity contribution in [1.82, 2.24) is 0 Å². The second kappa shape index (κ2) is 23.1. The number of ether oxygens (including phenoxy) is 7. The molecule has 8 aromatic rings. The van der Waals surface area contributed by atoms with E-state index in [2.05, 4.69) is 0 Å². The molecule has 0 saturated heterocycles. The molecule has 0 aromatic heterocycles. The molecule has 0 aliphatic rings. The Kier molecular flexibility index (Phi) is 15.6. The minimum atomic E-state index is -0.180. The van der Waals surface area contributed by atoms with Gasteiger partial charge in [0.1, 0.15) is 79.9 Å². The molecule has 0 unspecified atom stereocenters. The van der Waals surface area contributed by atoms with Crippen molar-refractivity contribution in [2.75, 3.05) is 6.61 Å². The zero-order valence-corrected chi connectivity index (χ0v) is 36.4. The van der Waals surface area contributed by atoms with E-state index in [0.717, 1.165) is 33.4 Å². The summed E-state index contributed by atoms with van der Waals surface area (Å²) in [6, 6.07) is 63.3. The quantitative estimate of drug-likeness (QED) is 0.0629. The van der Waals surface area contributed by atoms with Crippen LogP contribution in [-0.4, -0.2) is 17.5 Å². The third kappa shape index (κ3) is 13.7. The molecule has 0 atom stereocenters. The van der Waals surface area contributed by atoms with E-state index in [1.54, 1.807) is 12.1 Å². The Morgan fingerprint density at radius 1 is 0.303 bits per heavy atom. The molecule has 9 heteroatoms. The van der Waals surface area contributed by atoms with Crippen LogP contribution in [-0.2, 0) is 46.2 Å². The highest BCUT2D eigenvalue weighted by molar-refractivity contribution is 5.97. The fourth-order valence-corrected chi connectivity index (χ4v) is 6.97. The van der Waals surface area contributed by atoms with E-state index in [0.29, 0.717) is 71.2 Å². The lowest BCUT2D eigenvalue weighted by Gasteiger charge is -2.16. The fraction of sp³-hybridized carbons (Fsp3) is 0.140. The number of benzene rings is 8. The highest BCUT2D eigenvalue weighted by atomic mass is 16.5. The summed E-state index contributed by atoms with van der Waals surface area (Å²) in [5, 5.41) is 10.2. The Bertz CT molecular complexity index is 2700. The van der Waals surface area contributed by atoms with Gasteiger partial charge in [-0.15, -0.1) is 0 Å². The van der Waals surface area contributed by atoms with Crippen LogP contribution in [0, 0.1) is 0 Å². The maximum Gasteiger partial charge on any atom is 0.200 e. The number of ketones is 1. The first kappa shape index (κ1) is 44.6. The van der Waals surface area contributed by atoms with E-state index in [4.69, 9.17) is 33.2 Å². The second-order valence-electron chi connectivity index (χ2n) is 15.5. The van der Waals surface area contributed by atoms with Gasteiger partial charge in [-0.25, -0.2) is 0 Å². The topological polar surface area (TPSA) is 102 Å². The van der Waals surface area contributed by atoms with E-state index in [9.17, 15) is 9.90 Å². The maximum absolute atomic E-state index is 12.6. The Labute approximate surface area is 385 Å². The van der Waals surface area contributed by atoms with E-state index < -0.39 is 0 Å². The SMILES string of the molecule is O=C(COc1cccc(COc2cc(OCc3ccccc3)cc(OCc3cc(CO)cc(OCc4cc(OCc5ccccc5)cc(OCc5ccccc5)c4)c3)c2)c1)c1ccccc1. The van der Waals surface area contributed by atoms with Gasteiger partial charge >= 0.3 is 0 Å². The average molecular weight is 879 g/mol. The van der Waals surface area contributed by atoms with Gasteiger partial charge in [0.25, 0.3) is 0 Å². The van der Waals surface area contributed by atoms with Crippen molar-refractivity contribution in [3.05, 3.63) is 245 Å². The van der Waals surface area contributed by atoms with Crippen LogP contribution in [0.1, 0.15) is 49.3 Å². The van der Waals surface area contributed by atoms with Crippen molar-refractivity contribution in [2.24, 2.45) is 0 Å². The van der Waals surface area contributed by atoms with Crippen LogP contribution >= 0.6 is 0 Å². The summed E-state index contributed by atoms with van der Waals surface area (Å²) in [6.45, 7) is 1.54. The van der Waals surface area contributed by atoms with E-state index >= 15 is 0 Å². The number of carbonyl (C=O) groups excluding carboxylic acids is 1. The zero-order valence-electron chi connectivity index (χ0n) is 36.4. The molecule has 1 N–H and O–H groups in total. The maximum atomic E-state index is 12.6. The summed E-state index contributed by atoms with van der Waals surface area (Å²) >= 11 is 0. The molecule has 0 aliphatic heterocycles. The highest BCUT2D eigenvalue weighted by Crippen LogP contribution is 2.31. The van der Waals surface area contributed by atoms with Gasteiger partial charge in [0.2, 0.25) is 0 Å². The van der Waals surface area contributed by atoms with E-state index in [1.165, 1.54) is 0 Å². The number of hydrogen-bond acceptors (Lipinski definition) is 9. The molecule has 9 nitrogen and oxygen atoms in total. The number of carbonyl (C=O) groups is 1. The molecule has 8 rings (SSSR count). The minimum absolute atomic E-state index is 0.0740. The van der Waals surface area contributed by atoms with Crippen LogP contribution in [0.2, 0.25) is 0 Å². The molecule has 0 amide bonds. The summed E-state index contributed by atoms with van der Waals surface area (Å²) in [4.78, 5) is 12.6. The van der Waals surface area contributed by atoms with E-state index in [-0.39, 0.29) is 38.8 Å². The molecule has 0 aliphatic carbocycles. The lowest BCUT2D eigenvalue weighted by molar-refractivity contribution is 0.0921. The van der Waals surface area contributed by atoms with Gasteiger partial charge in [-0.05, 0) is 81.4 Å². The standard InChI is InChI=1S/C57H50O9/c58-34-46-24-47(27-51(26-46)64-40-48-28-52(60-35-42-14-5-1-6-15-42)30-53(29-48)61-36-43-16-7-2-8-17-43)39-65-56-32-54(62-37-44-18-9-3-10-19-44)31-55(33-56)63-38-45-20-13-23-50(25-45)66-41-57(59)49-21-11-4-12-22-49/h1-33,58H,34-41H2. The predicted molar refractivity (Wildman–Crippen MR) is 253 cm³/mol. The van der Waals surface area contributed by atoms with Crippen LogP contribution in [0.25, 0.3) is 0 Å². The van der Waals surface area contributed by atoms with Crippen LogP contribution in [0.5, 0.6) is 40.2 Å². The van der Waals surface area contributed by atoms with Crippen molar-refractivity contribution in [3.8, 4) is 40.2 Å². The fourth-order valence-electron chi connectivity index (χ4n) is 6.97. The van der Waals surface area contributed by atoms with Crippen molar-refractivity contribution < 1.29 is 43.1 Å². The van der Waals surface area contributed by atoms with Gasteiger partial charge in [0.05, 0.1) is 6.61 Å². The number of Topliss-reactive ketones (excluding diaryl/α,β-unsaturated/α-hetero) is 1. The molecule has 0 saturated carbocycles. The van der Waals surface area contributed by atoms with Crippen molar-refractivity contribution >= 4 is 5.78 Å². The van der Waals surface area contributed by atoms with Crippen molar-refractivity contribution in [3.63, 3.8) is 0 Å². The van der Waals surface area contributed by atoms with Gasteiger partial charge in [0, 0.05) is 29.8 Å². The van der Waals surface area contributed by atoms with Gasteiger partial charge < -0.3 is 38.3 Å². The third-order valence-corrected chi connectivity index (χ3v) is 10.3. The summed E-state index contributed by atoms with van der Waals surface area (Å²) in [7, 11) is 0. The van der Waals surface area contributed by atoms with Crippen LogP contribution < -0.4 is 33.2 Å². The van der Waals surface area contributed by atoms with Gasteiger partial charge in [-0.3, -0.25) is 4.79 Å². The average Bonchev–Trinajstić information content (AvgIpc) is 3.38. The minimum Gasteiger partial charge on any atom is -0.489 e. The zero-order chi connectivity index (χ0) is 45.2. The lowest BCUT2D eigenvalue weighted by Crippen LogP contribution is -2.11. The molecule has 332 valence electrons. The molecule has 0 radical (unpaired) electrons. The number of rotatable bonds is 23. The number of hydrogen-bond donors (Lipinski definition) is 1. The van der Waals surface area contributed by atoms with Crippen LogP contribution in [0.3, 0.4) is 0 Å². The molecule has 0 fully saturated rings. The number of aliphatic hydroxyl groups excluding tert-OH is 1. The largest absolute Gasteiger partial charge is 0.489 e. The molecular weight excluding hydrogens is 829 g/mol. The van der Waals surface area contributed by atoms with Crippen molar-refractivity contribution in [1.29, 1.82) is 0 Å². The smallest absolute Gasteiger partial charge is 0.200 e.